The van der Waals surface area contributed by atoms with Gasteiger partial charge in [0.25, 0.3) is 0 Å². The van der Waals surface area contributed by atoms with Crippen molar-refractivity contribution in [3.63, 3.8) is 0 Å². The molecule has 0 nitrogen and oxygen atoms in total. The van der Waals surface area contributed by atoms with Gasteiger partial charge in [0, 0.05) is 4.90 Å². The van der Waals surface area contributed by atoms with Gasteiger partial charge in [0.15, 0.2) is 0 Å². The molecule has 1 aromatic carbocycles. The van der Waals surface area contributed by atoms with Crippen LogP contribution in [0.5, 0.6) is 0 Å². The van der Waals surface area contributed by atoms with Crippen molar-refractivity contribution in [2.75, 3.05) is 0 Å². The smallest absolute Gasteiger partial charge is 0.0686 e. The Morgan fingerprint density at radius 1 is 1.04 bits per heavy atom. The first-order valence-corrected chi connectivity index (χ1v) is 13.4. The number of unbranched alkanes of at least 4 members (excludes halogenated alkanes) is 3. The Kier molecular flexibility index (Phi) is 9.65. The number of hydrogen-bond acceptors (Lipinski definition) is 1. The minimum Gasteiger partial charge on any atom is -0.0955 e. The average molecular weight is 347 g/mol. The molecule has 0 atom stereocenters. The predicted molar refractivity (Wildman–Crippen MR) is 111 cm³/mol. The maximum atomic E-state index is 2.62. The lowest BCUT2D eigenvalue weighted by molar-refractivity contribution is 0.661. The molecular formula is C21H34SSi. The average Bonchev–Trinajstić information content (AvgIpc) is 2.48. The van der Waals surface area contributed by atoms with Gasteiger partial charge in [-0.3, -0.25) is 0 Å². The molecule has 0 radical (unpaired) electrons. The van der Waals surface area contributed by atoms with Crippen LogP contribution in [0.15, 0.2) is 57.5 Å². The van der Waals surface area contributed by atoms with Crippen molar-refractivity contribution < 1.29 is 0 Å². The molecule has 0 aromatic heterocycles. The molecule has 0 saturated heterocycles. The van der Waals surface area contributed by atoms with Crippen LogP contribution in [0, 0.1) is 0 Å². The molecule has 1 aromatic rings. The van der Waals surface area contributed by atoms with E-state index in [0.717, 1.165) is 6.42 Å². The van der Waals surface area contributed by atoms with E-state index in [-0.39, 0.29) is 0 Å². The molecule has 0 aliphatic carbocycles. The molecule has 2 heteroatoms. The predicted octanol–water partition coefficient (Wildman–Crippen LogP) is 7.85. The van der Waals surface area contributed by atoms with Crippen LogP contribution in [0.2, 0.25) is 19.6 Å². The van der Waals surface area contributed by atoms with Crippen LogP contribution in [0.1, 0.15) is 52.4 Å². The first-order valence-electron chi connectivity index (χ1n) is 9.01. The molecule has 0 aliphatic heterocycles. The second-order valence-electron chi connectivity index (χ2n) is 7.41. The van der Waals surface area contributed by atoms with Crippen LogP contribution in [-0.4, -0.2) is 8.07 Å². The number of hydrogen-bond donors (Lipinski definition) is 0. The minimum atomic E-state index is -1.13. The Bertz CT molecular complexity index is 494. The van der Waals surface area contributed by atoms with E-state index in [4.69, 9.17) is 0 Å². The fraction of sp³-hybridized carbons (Fsp3) is 0.524. The van der Waals surface area contributed by atoms with Gasteiger partial charge in [0.05, 0.1) is 8.07 Å². The van der Waals surface area contributed by atoms with Crippen molar-refractivity contribution in [2.45, 2.75) is 76.9 Å². The van der Waals surface area contributed by atoms with Crippen LogP contribution < -0.4 is 0 Å². The molecule has 0 heterocycles. The van der Waals surface area contributed by atoms with E-state index in [2.05, 4.69) is 75.6 Å². The fourth-order valence-corrected chi connectivity index (χ4v) is 4.93. The van der Waals surface area contributed by atoms with E-state index >= 15 is 0 Å². The molecule has 0 saturated carbocycles. The van der Waals surface area contributed by atoms with E-state index < -0.39 is 8.07 Å². The summed E-state index contributed by atoms with van der Waals surface area (Å²) in [6.45, 7) is 11.8. The van der Waals surface area contributed by atoms with E-state index in [1.807, 2.05) is 11.8 Å². The van der Waals surface area contributed by atoms with Crippen LogP contribution in [-0.2, 0) is 0 Å². The van der Waals surface area contributed by atoms with Crippen molar-refractivity contribution in [1.29, 1.82) is 0 Å². The first-order chi connectivity index (χ1) is 10.9. The van der Waals surface area contributed by atoms with E-state index in [1.165, 1.54) is 41.9 Å². The normalized spacial score (nSPS) is 13.4. The van der Waals surface area contributed by atoms with Crippen molar-refractivity contribution in [3.8, 4) is 0 Å². The molecule has 0 bridgehead atoms. The monoisotopic (exact) mass is 346 g/mol. The Morgan fingerprint density at radius 3 is 2.35 bits per heavy atom. The molecule has 0 amide bonds. The molecule has 23 heavy (non-hydrogen) atoms. The molecular weight excluding hydrogens is 312 g/mol. The van der Waals surface area contributed by atoms with Gasteiger partial charge in [0.2, 0.25) is 0 Å². The summed E-state index contributed by atoms with van der Waals surface area (Å²) in [5.74, 6) is 0. The summed E-state index contributed by atoms with van der Waals surface area (Å²) >= 11 is 1.88. The van der Waals surface area contributed by atoms with Gasteiger partial charge in [-0.2, -0.15) is 0 Å². The number of thioether (sulfide) groups is 1. The highest BCUT2D eigenvalue weighted by Gasteiger charge is 2.10. The zero-order valence-electron chi connectivity index (χ0n) is 15.7. The van der Waals surface area contributed by atoms with Crippen LogP contribution in [0.3, 0.4) is 0 Å². The maximum Gasteiger partial charge on any atom is 0.0686 e. The number of benzene rings is 1. The minimum absolute atomic E-state index is 1.13. The third kappa shape index (κ3) is 10.6. The fourth-order valence-electron chi connectivity index (χ4n) is 2.62. The summed E-state index contributed by atoms with van der Waals surface area (Å²) in [5, 5.41) is 0. The highest BCUT2D eigenvalue weighted by molar-refractivity contribution is 8.03. The summed E-state index contributed by atoms with van der Waals surface area (Å²) < 4.78 is 0. The SMILES string of the molecule is CCCCCCC(=C[Si](C)(C)C)CC=C(C)Sc1ccccc1. The van der Waals surface area contributed by atoms with E-state index in [9.17, 15) is 0 Å². The van der Waals surface area contributed by atoms with Crippen molar-refractivity contribution in [2.24, 2.45) is 0 Å². The summed E-state index contributed by atoms with van der Waals surface area (Å²) in [5.41, 5.74) is 4.28. The Hall–Kier alpha value is -0.733. The molecule has 128 valence electrons. The number of rotatable bonds is 10. The lowest BCUT2D eigenvalue weighted by atomic mass is 10.1. The zero-order chi connectivity index (χ0) is 17.1. The van der Waals surface area contributed by atoms with E-state index in [0.29, 0.717) is 0 Å². The molecule has 1 rings (SSSR count). The molecule has 0 N–H and O–H groups in total. The van der Waals surface area contributed by atoms with Gasteiger partial charge >= 0.3 is 0 Å². The molecule has 0 fully saturated rings. The summed E-state index contributed by atoms with van der Waals surface area (Å²) in [6.07, 6.45) is 10.2. The number of allylic oxidation sites excluding steroid dienone is 3. The highest BCUT2D eigenvalue weighted by Crippen LogP contribution is 2.27. The lowest BCUT2D eigenvalue weighted by Crippen LogP contribution is -2.17. The van der Waals surface area contributed by atoms with Gasteiger partial charge in [-0.25, -0.2) is 0 Å². The summed E-state index contributed by atoms with van der Waals surface area (Å²) in [7, 11) is -1.13. The Morgan fingerprint density at radius 2 is 1.74 bits per heavy atom. The highest BCUT2D eigenvalue weighted by atomic mass is 32.2. The molecule has 0 unspecified atom stereocenters. The van der Waals surface area contributed by atoms with Gasteiger partial charge < -0.3 is 0 Å². The van der Waals surface area contributed by atoms with Crippen LogP contribution >= 0.6 is 11.8 Å². The first kappa shape index (κ1) is 20.3. The van der Waals surface area contributed by atoms with Crippen molar-refractivity contribution in [1.82, 2.24) is 0 Å². The second-order valence-corrected chi connectivity index (χ2v) is 13.8. The Labute approximate surface area is 149 Å². The molecule has 0 aliphatic rings. The van der Waals surface area contributed by atoms with Gasteiger partial charge in [-0.15, -0.1) is 0 Å². The standard InChI is InChI=1S/C21H34SSi/c1-6-7-8-10-13-20(18-23(3,4)5)17-16-19(2)22-21-14-11-9-12-15-21/h9,11-12,14-16,18H,6-8,10,13,17H2,1-5H3. The maximum absolute atomic E-state index is 2.62. The lowest BCUT2D eigenvalue weighted by Gasteiger charge is -2.14. The topological polar surface area (TPSA) is 0 Å². The quantitative estimate of drug-likeness (QED) is 0.236. The van der Waals surface area contributed by atoms with Gasteiger partial charge in [-0.1, -0.05) is 93.1 Å². The largest absolute Gasteiger partial charge is 0.0955 e. The van der Waals surface area contributed by atoms with Crippen molar-refractivity contribution in [3.05, 3.63) is 52.6 Å². The Balaban J connectivity index is 2.61. The summed E-state index contributed by atoms with van der Waals surface area (Å²) in [6, 6.07) is 10.7. The molecule has 0 spiro atoms. The van der Waals surface area contributed by atoms with E-state index in [1.54, 1.807) is 5.57 Å². The van der Waals surface area contributed by atoms with Crippen LogP contribution in [0.25, 0.3) is 0 Å². The third-order valence-corrected chi connectivity index (χ3v) is 5.93. The van der Waals surface area contributed by atoms with Crippen LogP contribution in [0.4, 0.5) is 0 Å². The second kappa shape index (κ2) is 10.9. The zero-order valence-corrected chi connectivity index (χ0v) is 17.5. The third-order valence-electron chi connectivity index (χ3n) is 3.66. The van der Waals surface area contributed by atoms with Gasteiger partial charge in [0.1, 0.15) is 0 Å². The van der Waals surface area contributed by atoms with Crippen molar-refractivity contribution >= 4 is 19.8 Å². The van der Waals surface area contributed by atoms with Gasteiger partial charge in [-0.05, 0) is 43.2 Å². The summed E-state index contributed by atoms with van der Waals surface area (Å²) in [4.78, 5) is 2.74.